The second-order valence-corrected chi connectivity index (χ2v) is 11.7. The van der Waals surface area contributed by atoms with Gasteiger partial charge in [-0.15, -0.1) is 0 Å². The quantitative estimate of drug-likeness (QED) is 0.616. The molecule has 0 nitrogen and oxygen atoms in total. The minimum atomic E-state index is -1.71. The van der Waals surface area contributed by atoms with Crippen molar-refractivity contribution in [3.8, 4) is 0 Å². The molecule has 0 aromatic heterocycles. The first kappa shape index (κ1) is 16.3. The maximum Gasteiger partial charge on any atom is -0.0160 e. The van der Waals surface area contributed by atoms with Gasteiger partial charge < -0.3 is 0 Å². The molecule has 0 aliphatic heterocycles. The molecule has 0 atom stereocenters. The van der Waals surface area contributed by atoms with Gasteiger partial charge in [-0.05, 0) is 36.1 Å². The van der Waals surface area contributed by atoms with Crippen molar-refractivity contribution in [1.29, 1.82) is 0 Å². The van der Waals surface area contributed by atoms with Crippen LogP contribution in [0.15, 0.2) is 91.0 Å². The van der Waals surface area contributed by atoms with E-state index < -0.39 is 6.89 Å². The van der Waals surface area contributed by atoms with Gasteiger partial charge in [0.2, 0.25) is 0 Å². The Morgan fingerprint density at radius 3 is 1.13 bits per heavy atom. The Morgan fingerprint density at radius 1 is 0.565 bits per heavy atom. The lowest BCUT2D eigenvalue weighted by Gasteiger charge is -2.29. The highest BCUT2D eigenvalue weighted by Gasteiger charge is 2.24. The molecule has 3 aromatic carbocycles. The van der Waals surface area contributed by atoms with Crippen molar-refractivity contribution in [3.05, 3.63) is 91.0 Å². The molecule has 0 bridgehead atoms. The average Bonchev–Trinajstić information content (AvgIpc) is 2.62. The molecular formula is C21H22P2. The first-order valence-electron chi connectivity index (χ1n) is 7.81. The molecule has 0 saturated heterocycles. The van der Waals surface area contributed by atoms with Crippen molar-refractivity contribution in [2.24, 2.45) is 0 Å². The highest BCUT2D eigenvalue weighted by atomic mass is 31.2. The van der Waals surface area contributed by atoms with E-state index >= 15 is 0 Å². The summed E-state index contributed by atoms with van der Waals surface area (Å²) in [6.07, 6.45) is 0. The van der Waals surface area contributed by atoms with Crippen molar-refractivity contribution < 1.29 is 0 Å². The maximum atomic E-state index is 2.64. The third kappa shape index (κ3) is 3.35. The zero-order valence-electron chi connectivity index (χ0n) is 13.6. The number of hydrogen-bond donors (Lipinski definition) is 0. The van der Waals surface area contributed by atoms with Gasteiger partial charge in [0.05, 0.1) is 0 Å². The van der Waals surface area contributed by atoms with Crippen LogP contribution in [0.2, 0.25) is 0 Å². The topological polar surface area (TPSA) is 0 Å². The smallest absolute Gasteiger partial charge is 0.0160 e. The van der Waals surface area contributed by atoms with Crippen molar-refractivity contribution in [1.82, 2.24) is 0 Å². The second-order valence-electron chi connectivity index (χ2n) is 5.81. The lowest BCUT2D eigenvalue weighted by atomic mass is 10.4. The van der Waals surface area contributed by atoms with E-state index in [2.05, 4.69) is 110 Å². The van der Waals surface area contributed by atoms with Crippen molar-refractivity contribution in [3.63, 3.8) is 0 Å². The van der Waals surface area contributed by atoms with E-state index in [0.29, 0.717) is 0 Å². The highest BCUT2D eigenvalue weighted by molar-refractivity contribution is 8.04. The van der Waals surface area contributed by atoms with E-state index in [9.17, 15) is 0 Å². The molecule has 116 valence electrons. The normalized spacial score (nSPS) is 11.4. The third-order valence-electron chi connectivity index (χ3n) is 3.89. The number of rotatable bonds is 4. The fourth-order valence-electron chi connectivity index (χ4n) is 2.98. The van der Waals surface area contributed by atoms with E-state index in [1.165, 1.54) is 15.9 Å². The van der Waals surface area contributed by atoms with E-state index in [0.717, 1.165) is 0 Å². The summed E-state index contributed by atoms with van der Waals surface area (Å²) < 4.78 is 0. The van der Waals surface area contributed by atoms with Gasteiger partial charge in [-0.3, -0.25) is 0 Å². The Morgan fingerprint density at radius 2 is 0.870 bits per heavy atom. The van der Waals surface area contributed by atoms with Crippen molar-refractivity contribution in [2.75, 3.05) is 13.3 Å². The molecule has 23 heavy (non-hydrogen) atoms. The van der Waals surface area contributed by atoms with Crippen molar-refractivity contribution >= 4 is 36.3 Å². The summed E-state index contributed by atoms with van der Waals surface area (Å²) in [6, 6.07) is 33.1. The number of hydrogen-bond acceptors (Lipinski definition) is 0. The third-order valence-corrected chi connectivity index (χ3v) is 10.5. The molecule has 3 rings (SSSR count). The lowest BCUT2D eigenvalue weighted by molar-refractivity contribution is 1.73. The Bertz CT molecular complexity index is 688. The van der Waals surface area contributed by atoms with E-state index in [1.807, 2.05) is 0 Å². The predicted molar refractivity (Wildman–Crippen MR) is 110 cm³/mol. The molecule has 2 heteroatoms. The predicted octanol–water partition coefficient (Wildman–Crippen LogP) is 4.48. The van der Waals surface area contributed by atoms with Gasteiger partial charge >= 0.3 is 0 Å². The SMILES string of the molecule is CP(C)C=P(c1ccccc1)(c1ccccc1)c1ccccc1. The zero-order chi connectivity index (χ0) is 16.1. The van der Waals surface area contributed by atoms with Gasteiger partial charge in [-0.25, -0.2) is 0 Å². The molecule has 0 aliphatic rings. The number of benzene rings is 3. The molecule has 0 aliphatic carbocycles. The minimum absolute atomic E-state index is 0.135. The molecule has 0 unspecified atom stereocenters. The summed E-state index contributed by atoms with van der Waals surface area (Å²) in [5.41, 5.74) is 2.64. The van der Waals surface area contributed by atoms with Crippen LogP contribution in [0.1, 0.15) is 0 Å². The van der Waals surface area contributed by atoms with Gasteiger partial charge in [-0.1, -0.05) is 104 Å². The van der Waals surface area contributed by atoms with Gasteiger partial charge in [0.15, 0.2) is 0 Å². The summed E-state index contributed by atoms with van der Waals surface area (Å²) in [6.45, 7) is 2.99. The van der Waals surface area contributed by atoms with Crippen LogP contribution < -0.4 is 15.9 Å². The monoisotopic (exact) mass is 336 g/mol. The maximum absolute atomic E-state index is 2.64. The molecule has 0 heterocycles. The summed E-state index contributed by atoms with van der Waals surface area (Å²) >= 11 is 0. The molecule has 0 N–H and O–H groups in total. The molecule has 3 aromatic rings. The fourth-order valence-corrected chi connectivity index (χ4v) is 10.2. The molecule has 0 fully saturated rings. The summed E-state index contributed by atoms with van der Waals surface area (Å²) in [4.78, 5) is 0. The Balaban J connectivity index is 2.41. The Hall–Kier alpha value is -1.61. The first-order chi connectivity index (χ1) is 11.2. The molecule has 0 amide bonds. The average molecular weight is 336 g/mol. The largest absolute Gasteiger partial charge is 0.0885 e. The zero-order valence-corrected chi connectivity index (χ0v) is 15.4. The standard InChI is InChI=1S/C21H22P2/c1-22(2)18-23(19-12-6-3-7-13-19,20-14-8-4-9-15-20)21-16-10-5-11-17-21/h3-18H,1-2H3. The summed E-state index contributed by atoms with van der Waals surface area (Å²) in [7, 11) is -0.135. The van der Waals surface area contributed by atoms with E-state index in [-0.39, 0.29) is 7.92 Å². The van der Waals surface area contributed by atoms with Crippen LogP contribution in [0.25, 0.3) is 0 Å². The van der Waals surface area contributed by atoms with Crippen LogP contribution in [0.4, 0.5) is 0 Å². The molecule has 0 spiro atoms. The van der Waals surface area contributed by atoms with Crippen LogP contribution in [0.5, 0.6) is 0 Å². The Labute approximate surface area is 140 Å². The van der Waals surface area contributed by atoms with E-state index in [1.54, 1.807) is 0 Å². The van der Waals surface area contributed by atoms with Gasteiger partial charge in [0.1, 0.15) is 0 Å². The van der Waals surface area contributed by atoms with Crippen LogP contribution in [-0.4, -0.2) is 18.9 Å². The van der Waals surface area contributed by atoms with Crippen LogP contribution in [-0.2, 0) is 0 Å². The first-order valence-corrected chi connectivity index (χ1v) is 12.0. The fraction of sp³-hybridized carbons (Fsp3) is 0.0952. The molecular weight excluding hydrogens is 314 g/mol. The summed E-state index contributed by atoms with van der Waals surface area (Å²) in [5, 5.41) is 4.32. The van der Waals surface area contributed by atoms with Crippen molar-refractivity contribution in [2.45, 2.75) is 0 Å². The van der Waals surface area contributed by atoms with Crippen LogP contribution in [0.3, 0.4) is 0 Å². The highest BCUT2D eigenvalue weighted by Crippen LogP contribution is 2.48. The van der Waals surface area contributed by atoms with Gasteiger partial charge in [0.25, 0.3) is 0 Å². The van der Waals surface area contributed by atoms with E-state index in [4.69, 9.17) is 0 Å². The molecule has 0 saturated carbocycles. The Kier molecular flexibility index (Phi) is 5.16. The lowest BCUT2D eigenvalue weighted by Crippen LogP contribution is -2.26. The van der Waals surface area contributed by atoms with Gasteiger partial charge in [0, 0.05) is 0 Å². The minimum Gasteiger partial charge on any atom is -0.0885 e. The second kappa shape index (κ2) is 7.31. The molecule has 0 radical (unpaired) electrons. The van der Waals surface area contributed by atoms with Crippen LogP contribution in [0, 0.1) is 0 Å². The summed E-state index contributed by atoms with van der Waals surface area (Å²) in [5.74, 6) is 0. The van der Waals surface area contributed by atoms with Crippen LogP contribution >= 0.6 is 14.8 Å². The van der Waals surface area contributed by atoms with Gasteiger partial charge in [-0.2, -0.15) is 0 Å².